The van der Waals surface area contributed by atoms with Crippen molar-refractivity contribution in [3.8, 4) is 17.2 Å². The number of hydrogen-bond acceptors (Lipinski definition) is 5. The molecule has 0 radical (unpaired) electrons. The van der Waals surface area contributed by atoms with Crippen LogP contribution in [0, 0.1) is 0 Å². The van der Waals surface area contributed by atoms with Gasteiger partial charge >= 0.3 is 5.69 Å². The minimum Gasteiger partial charge on any atom is -0.457 e. The second kappa shape index (κ2) is 10.2. The van der Waals surface area contributed by atoms with Crippen molar-refractivity contribution >= 4 is 39.7 Å². The van der Waals surface area contributed by atoms with Gasteiger partial charge in [-0.05, 0) is 61.4 Å². The molecule has 2 aromatic carbocycles. The molecule has 1 saturated heterocycles. The Kier molecular flexibility index (Phi) is 7.07. The lowest BCUT2D eigenvalue weighted by Gasteiger charge is -2.32. The number of likely N-dealkylation sites (tertiary alicyclic amines) is 1. The van der Waals surface area contributed by atoms with Crippen LogP contribution in [0.2, 0.25) is 0 Å². The normalized spacial score (nSPS) is 15.4. The molecule has 1 fully saturated rings. The van der Waals surface area contributed by atoms with Crippen molar-refractivity contribution < 1.29 is 9.53 Å². The number of fused-ring (bicyclic) bond motifs is 1. The van der Waals surface area contributed by atoms with E-state index in [-0.39, 0.29) is 40.4 Å². The number of nitrogens with zero attached hydrogens (tertiary/aromatic N) is 4. The van der Waals surface area contributed by atoms with Gasteiger partial charge in [0.25, 0.3) is 0 Å². The molecule has 0 spiro atoms. The maximum absolute atomic E-state index is 13.8. The summed E-state index contributed by atoms with van der Waals surface area (Å²) in [5.74, 6) is 1.53. The number of piperidine rings is 1. The SMILES string of the molecule is Br.C=CC(=O)N1CCC[C@@H](n2c(=O)n(-c3ccc(Oc4ccccc4)cc3)c3c(N)nccc32)C1. The highest BCUT2D eigenvalue weighted by atomic mass is 79.9. The summed E-state index contributed by atoms with van der Waals surface area (Å²) in [6, 6.07) is 18.4. The molecule has 3 heterocycles. The number of halogens is 1. The third kappa shape index (κ3) is 4.59. The Bertz CT molecular complexity index is 1410. The van der Waals surface area contributed by atoms with Gasteiger partial charge in [-0.1, -0.05) is 24.8 Å². The van der Waals surface area contributed by atoms with Crippen molar-refractivity contribution in [2.45, 2.75) is 18.9 Å². The Balaban J connectivity index is 0.00000289. The summed E-state index contributed by atoms with van der Waals surface area (Å²) in [5, 5.41) is 0. The second-order valence-corrected chi connectivity index (χ2v) is 8.25. The summed E-state index contributed by atoms with van der Waals surface area (Å²) < 4.78 is 9.20. The van der Waals surface area contributed by atoms with Gasteiger partial charge in [-0.25, -0.2) is 9.78 Å². The van der Waals surface area contributed by atoms with Crippen LogP contribution in [0.1, 0.15) is 18.9 Å². The van der Waals surface area contributed by atoms with Crippen molar-refractivity contribution in [3.05, 3.63) is 90.0 Å². The van der Waals surface area contributed by atoms with E-state index in [1.807, 2.05) is 54.6 Å². The van der Waals surface area contributed by atoms with Crippen LogP contribution in [0.15, 0.2) is 84.3 Å². The van der Waals surface area contributed by atoms with E-state index >= 15 is 0 Å². The largest absolute Gasteiger partial charge is 0.457 e. The van der Waals surface area contributed by atoms with E-state index in [1.54, 1.807) is 26.3 Å². The quantitative estimate of drug-likeness (QED) is 0.380. The lowest BCUT2D eigenvalue weighted by atomic mass is 10.1. The van der Waals surface area contributed by atoms with Crippen molar-refractivity contribution in [2.75, 3.05) is 18.8 Å². The van der Waals surface area contributed by atoms with Gasteiger partial charge in [0.15, 0.2) is 0 Å². The molecule has 8 nitrogen and oxygen atoms in total. The zero-order chi connectivity index (χ0) is 23.7. The first-order valence-electron chi connectivity index (χ1n) is 11.2. The molecule has 2 aromatic heterocycles. The van der Waals surface area contributed by atoms with Crippen LogP contribution in [-0.2, 0) is 4.79 Å². The summed E-state index contributed by atoms with van der Waals surface area (Å²) in [6.45, 7) is 4.69. The molecule has 1 atom stereocenters. The second-order valence-electron chi connectivity index (χ2n) is 8.25. The van der Waals surface area contributed by atoms with Crippen molar-refractivity contribution in [2.24, 2.45) is 0 Å². The van der Waals surface area contributed by atoms with Crippen LogP contribution in [-0.4, -0.2) is 38.0 Å². The van der Waals surface area contributed by atoms with Gasteiger partial charge in [-0.3, -0.25) is 13.9 Å². The van der Waals surface area contributed by atoms with E-state index in [2.05, 4.69) is 11.6 Å². The van der Waals surface area contributed by atoms with Gasteiger partial charge in [0.2, 0.25) is 5.91 Å². The highest BCUT2D eigenvalue weighted by Crippen LogP contribution is 2.29. The number of hydrogen-bond donors (Lipinski definition) is 1. The number of aromatic nitrogens is 3. The molecule has 35 heavy (non-hydrogen) atoms. The minimum absolute atomic E-state index is 0. The third-order valence-corrected chi connectivity index (χ3v) is 6.13. The number of rotatable bonds is 5. The van der Waals surface area contributed by atoms with Crippen LogP contribution in [0.3, 0.4) is 0 Å². The number of benzene rings is 2. The van der Waals surface area contributed by atoms with Crippen LogP contribution in [0.5, 0.6) is 11.5 Å². The maximum Gasteiger partial charge on any atom is 0.334 e. The molecular formula is C26H26BrN5O3. The first kappa shape index (κ1) is 24.3. The Morgan fingerprint density at radius 3 is 2.51 bits per heavy atom. The Morgan fingerprint density at radius 1 is 1.09 bits per heavy atom. The van der Waals surface area contributed by atoms with Gasteiger partial charge < -0.3 is 15.4 Å². The highest BCUT2D eigenvalue weighted by molar-refractivity contribution is 8.93. The standard InChI is InChI=1S/C26H25N5O3.BrH/c1-2-23(32)29-16-6-7-19(17-29)30-22-14-15-28-25(27)24(22)31(26(30)33)18-10-12-21(13-11-18)34-20-8-4-3-5-9-20;/h2-5,8-15,19H,1,6-7,16-17H2,(H2,27,28);1H/t19-;/m1./s1. The molecule has 9 heteroatoms. The van der Waals surface area contributed by atoms with E-state index in [4.69, 9.17) is 10.5 Å². The number of carbonyl (C=O) groups excluding carboxylic acids is 1. The summed E-state index contributed by atoms with van der Waals surface area (Å²) in [6.07, 6.45) is 4.50. The van der Waals surface area contributed by atoms with Crippen LogP contribution in [0.25, 0.3) is 16.7 Å². The summed E-state index contributed by atoms with van der Waals surface area (Å²) in [4.78, 5) is 31.9. The number of carbonyl (C=O) groups is 1. The minimum atomic E-state index is -0.218. The fourth-order valence-corrected chi connectivity index (χ4v) is 4.56. The monoisotopic (exact) mass is 535 g/mol. The number of nitrogens with two attached hydrogens (primary N) is 1. The number of amides is 1. The van der Waals surface area contributed by atoms with E-state index in [9.17, 15) is 9.59 Å². The van der Waals surface area contributed by atoms with Gasteiger partial charge in [0, 0.05) is 19.3 Å². The Labute approximate surface area is 213 Å². The van der Waals surface area contributed by atoms with Gasteiger partial charge in [-0.15, -0.1) is 17.0 Å². The molecular weight excluding hydrogens is 510 g/mol. The molecule has 4 aromatic rings. The molecule has 0 saturated carbocycles. The highest BCUT2D eigenvalue weighted by Gasteiger charge is 2.28. The molecule has 5 rings (SSSR count). The predicted molar refractivity (Wildman–Crippen MR) is 142 cm³/mol. The lowest BCUT2D eigenvalue weighted by molar-refractivity contribution is -0.127. The van der Waals surface area contributed by atoms with Crippen molar-refractivity contribution in [1.82, 2.24) is 19.0 Å². The average Bonchev–Trinajstić information content (AvgIpc) is 3.17. The molecule has 1 aliphatic rings. The van der Waals surface area contributed by atoms with Gasteiger partial charge in [0.1, 0.15) is 22.8 Å². The van der Waals surface area contributed by atoms with Gasteiger partial charge in [-0.2, -0.15) is 0 Å². The Morgan fingerprint density at radius 2 is 1.80 bits per heavy atom. The number of ether oxygens (including phenoxy) is 1. The summed E-state index contributed by atoms with van der Waals surface area (Å²) in [7, 11) is 0. The number of para-hydroxylation sites is 1. The maximum atomic E-state index is 13.8. The van der Waals surface area contributed by atoms with E-state index in [0.717, 1.165) is 18.6 Å². The first-order chi connectivity index (χ1) is 16.6. The third-order valence-electron chi connectivity index (χ3n) is 6.13. The number of nitrogen functional groups attached to an aromatic ring is 1. The molecule has 180 valence electrons. The number of pyridine rings is 1. The topological polar surface area (TPSA) is 95.4 Å². The summed E-state index contributed by atoms with van der Waals surface area (Å²) in [5.41, 5.74) is 7.93. The van der Waals surface area contributed by atoms with Crippen molar-refractivity contribution in [3.63, 3.8) is 0 Å². The molecule has 0 bridgehead atoms. The van der Waals surface area contributed by atoms with E-state index in [1.165, 1.54) is 6.08 Å². The zero-order valence-electron chi connectivity index (χ0n) is 19.0. The van der Waals surface area contributed by atoms with E-state index in [0.29, 0.717) is 35.6 Å². The lowest BCUT2D eigenvalue weighted by Crippen LogP contribution is -2.42. The summed E-state index contributed by atoms with van der Waals surface area (Å²) >= 11 is 0. The van der Waals surface area contributed by atoms with Gasteiger partial charge in [0.05, 0.1) is 17.2 Å². The van der Waals surface area contributed by atoms with Crippen LogP contribution in [0.4, 0.5) is 5.82 Å². The first-order valence-corrected chi connectivity index (χ1v) is 11.2. The molecule has 0 unspecified atom stereocenters. The zero-order valence-corrected chi connectivity index (χ0v) is 20.8. The fourth-order valence-electron chi connectivity index (χ4n) is 4.56. The number of anilines is 1. The molecule has 1 amide bonds. The number of imidazole rings is 1. The molecule has 1 aliphatic heterocycles. The predicted octanol–water partition coefficient (Wildman–Crippen LogP) is 4.49. The fraction of sp³-hybridized carbons (Fsp3) is 0.192. The Hall–Kier alpha value is -3.85. The average molecular weight is 536 g/mol. The van der Waals surface area contributed by atoms with Crippen LogP contribution >= 0.6 is 17.0 Å². The molecule has 0 aliphatic carbocycles. The van der Waals surface area contributed by atoms with Crippen molar-refractivity contribution in [1.29, 1.82) is 0 Å². The smallest absolute Gasteiger partial charge is 0.334 e. The van der Waals surface area contributed by atoms with E-state index < -0.39 is 0 Å². The molecule has 2 N–H and O–H groups in total. The van der Waals surface area contributed by atoms with Crippen LogP contribution < -0.4 is 16.2 Å².